The summed E-state index contributed by atoms with van der Waals surface area (Å²) in [4.78, 5) is 20.2. The van der Waals surface area contributed by atoms with Crippen LogP contribution in [0.3, 0.4) is 0 Å². The largest absolute Gasteiger partial charge is 0.299 e. The first kappa shape index (κ1) is 10.4. The smallest absolute Gasteiger partial charge is 0.264 e. The maximum atomic E-state index is 11.9. The van der Waals surface area contributed by atoms with Crippen molar-refractivity contribution in [1.82, 2.24) is 14.5 Å². The van der Waals surface area contributed by atoms with E-state index in [1.54, 1.807) is 20.2 Å². The van der Waals surface area contributed by atoms with Crippen LogP contribution in [0.25, 0.3) is 10.6 Å². The molecule has 0 fully saturated rings. The summed E-state index contributed by atoms with van der Waals surface area (Å²) < 4.78 is 1.50. The van der Waals surface area contributed by atoms with Gasteiger partial charge < -0.3 is 0 Å². The fourth-order valence-electron chi connectivity index (χ4n) is 1.23. The van der Waals surface area contributed by atoms with Gasteiger partial charge in [0.25, 0.3) is 5.56 Å². The highest BCUT2D eigenvalue weighted by atomic mass is 32.1. The number of aryl methyl sites for hydroxylation is 1. The maximum Gasteiger partial charge on any atom is 0.264 e. The van der Waals surface area contributed by atoms with Crippen molar-refractivity contribution in [2.45, 2.75) is 11.9 Å². The molecule has 0 N–H and O–H groups in total. The van der Waals surface area contributed by atoms with Crippen LogP contribution in [0.5, 0.6) is 0 Å². The van der Waals surface area contributed by atoms with Crippen LogP contribution in [0.15, 0.2) is 21.4 Å². The van der Waals surface area contributed by atoms with Crippen LogP contribution in [0, 0.1) is 6.92 Å². The monoisotopic (exact) mass is 239 g/mol. The van der Waals surface area contributed by atoms with Crippen molar-refractivity contribution in [3.8, 4) is 10.6 Å². The average Bonchev–Trinajstić information content (AvgIpc) is 2.68. The van der Waals surface area contributed by atoms with E-state index in [1.807, 2.05) is 5.38 Å². The summed E-state index contributed by atoms with van der Waals surface area (Å²) in [5.74, 6) is 0.644. The first-order chi connectivity index (χ1) is 7.11. The molecule has 0 spiro atoms. The van der Waals surface area contributed by atoms with Crippen LogP contribution in [0.2, 0.25) is 0 Å². The molecule has 0 amide bonds. The zero-order valence-electron chi connectivity index (χ0n) is 8.26. The Bertz CT molecular complexity index is 545. The second-order valence-corrected chi connectivity index (χ2v) is 4.38. The molecule has 0 aliphatic heterocycles. The molecule has 2 heterocycles. The molecule has 0 aliphatic carbocycles. The second kappa shape index (κ2) is 3.79. The molecule has 2 aromatic rings. The van der Waals surface area contributed by atoms with E-state index in [1.165, 1.54) is 15.9 Å². The van der Waals surface area contributed by atoms with Gasteiger partial charge in [0.1, 0.15) is 21.4 Å². The van der Waals surface area contributed by atoms with Crippen LogP contribution < -0.4 is 5.56 Å². The van der Waals surface area contributed by atoms with E-state index in [9.17, 15) is 4.79 Å². The van der Waals surface area contributed by atoms with Gasteiger partial charge in [-0.05, 0) is 6.92 Å². The predicted octanol–water partition coefficient (Wildman–Crippen LogP) is 1.50. The SMILES string of the molecule is Cc1nc(S)c(-c2nccs2)c(=O)n1C. The van der Waals surface area contributed by atoms with E-state index in [4.69, 9.17) is 0 Å². The topological polar surface area (TPSA) is 47.8 Å². The zero-order chi connectivity index (χ0) is 11.0. The Morgan fingerprint density at radius 2 is 2.27 bits per heavy atom. The van der Waals surface area contributed by atoms with Crippen LogP contribution in [0.1, 0.15) is 5.82 Å². The van der Waals surface area contributed by atoms with Gasteiger partial charge in [-0.15, -0.1) is 24.0 Å². The van der Waals surface area contributed by atoms with Crippen LogP contribution in [-0.4, -0.2) is 14.5 Å². The van der Waals surface area contributed by atoms with Gasteiger partial charge in [-0.25, -0.2) is 9.97 Å². The lowest BCUT2D eigenvalue weighted by Gasteiger charge is -2.06. The third-order valence-corrected chi connectivity index (χ3v) is 3.26. The Morgan fingerprint density at radius 1 is 1.53 bits per heavy atom. The van der Waals surface area contributed by atoms with Gasteiger partial charge in [-0.1, -0.05) is 0 Å². The highest BCUT2D eigenvalue weighted by Gasteiger charge is 2.14. The molecule has 0 aromatic carbocycles. The Kier molecular flexibility index (Phi) is 2.62. The number of hydrogen-bond acceptors (Lipinski definition) is 5. The van der Waals surface area contributed by atoms with E-state index >= 15 is 0 Å². The maximum absolute atomic E-state index is 11.9. The highest BCUT2D eigenvalue weighted by Crippen LogP contribution is 2.23. The lowest BCUT2D eigenvalue weighted by molar-refractivity contribution is 0.753. The lowest BCUT2D eigenvalue weighted by Crippen LogP contribution is -2.22. The molecule has 6 heteroatoms. The standard InChI is InChI=1S/C9H9N3OS2/c1-5-11-7(14)6(9(13)12(5)2)8-10-3-4-15-8/h3-4,14H,1-2H3. The second-order valence-electron chi connectivity index (χ2n) is 3.06. The normalized spacial score (nSPS) is 10.6. The van der Waals surface area contributed by atoms with Crippen molar-refractivity contribution in [1.29, 1.82) is 0 Å². The Balaban J connectivity index is 2.78. The zero-order valence-corrected chi connectivity index (χ0v) is 9.97. The van der Waals surface area contributed by atoms with Crippen LogP contribution >= 0.6 is 24.0 Å². The van der Waals surface area contributed by atoms with E-state index in [0.717, 1.165) is 0 Å². The number of thiol groups is 1. The minimum absolute atomic E-state index is 0.109. The molecule has 15 heavy (non-hydrogen) atoms. The van der Waals surface area contributed by atoms with E-state index in [2.05, 4.69) is 22.6 Å². The Morgan fingerprint density at radius 3 is 2.87 bits per heavy atom. The number of nitrogens with zero attached hydrogens (tertiary/aromatic N) is 3. The predicted molar refractivity (Wildman–Crippen MR) is 62.6 cm³/mol. The van der Waals surface area contributed by atoms with Gasteiger partial charge in [-0.3, -0.25) is 9.36 Å². The lowest BCUT2D eigenvalue weighted by atomic mass is 10.3. The summed E-state index contributed by atoms with van der Waals surface area (Å²) in [6.07, 6.45) is 1.66. The van der Waals surface area contributed by atoms with E-state index in [-0.39, 0.29) is 5.56 Å². The van der Waals surface area contributed by atoms with E-state index in [0.29, 0.717) is 21.4 Å². The summed E-state index contributed by atoms with van der Waals surface area (Å²) in [6, 6.07) is 0. The fraction of sp³-hybridized carbons (Fsp3) is 0.222. The van der Waals surface area contributed by atoms with Crippen molar-refractivity contribution >= 4 is 24.0 Å². The molecule has 2 rings (SSSR count). The summed E-state index contributed by atoms with van der Waals surface area (Å²) >= 11 is 5.62. The first-order valence-electron chi connectivity index (χ1n) is 4.27. The summed E-state index contributed by atoms with van der Waals surface area (Å²) in [6.45, 7) is 1.77. The molecule has 0 saturated carbocycles. The molecule has 0 bridgehead atoms. The van der Waals surface area contributed by atoms with E-state index < -0.39 is 0 Å². The fourth-order valence-corrected chi connectivity index (χ4v) is 2.32. The van der Waals surface area contributed by atoms with Gasteiger partial charge in [0.2, 0.25) is 0 Å². The van der Waals surface area contributed by atoms with Crippen molar-refractivity contribution in [3.63, 3.8) is 0 Å². The molecule has 0 atom stereocenters. The van der Waals surface area contributed by atoms with Gasteiger partial charge >= 0.3 is 0 Å². The van der Waals surface area contributed by atoms with Crippen LogP contribution in [-0.2, 0) is 7.05 Å². The molecular formula is C9H9N3OS2. The summed E-state index contributed by atoms with van der Waals surface area (Å²) in [5, 5.41) is 2.92. The van der Waals surface area contributed by atoms with Gasteiger partial charge in [0.05, 0.1) is 0 Å². The molecule has 0 saturated heterocycles. The quantitative estimate of drug-likeness (QED) is 0.606. The molecule has 4 nitrogen and oxygen atoms in total. The third kappa shape index (κ3) is 1.70. The van der Waals surface area contributed by atoms with Crippen molar-refractivity contribution < 1.29 is 0 Å². The van der Waals surface area contributed by atoms with Crippen molar-refractivity contribution in [2.24, 2.45) is 7.05 Å². The van der Waals surface area contributed by atoms with Crippen molar-refractivity contribution in [3.05, 3.63) is 27.8 Å². The van der Waals surface area contributed by atoms with Crippen molar-refractivity contribution in [2.75, 3.05) is 0 Å². The summed E-state index contributed by atoms with van der Waals surface area (Å²) in [5.41, 5.74) is 0.365. The van der Waals surface area contributed by atoms with Gasteiger partial charge in [0, 0.05) is 18.6 Å². The Labute approximate surface area is 96.0 Å². The molecule has 2 aromatic heterocycles. The minimum Gasteiger partial charge on any atom is -0.299 e. The van der Waals surface area contributed by atoms with Gasteiger partial charge in [0.15, 0.2) is 0 Å². The number of rotatable bonds is 1. The summed E-state index contributed by atoms with van der Waals surface area (Å²) in [7, 11) is 1.69. The van der Waals surface area contributed by atoms with Gasteiger partial charge in [-0.2, -0.15) is 0 Å². The first-order valence-corrected chi connectivity index (χ1v) is 5.60. The molecule has 78 valence electrons. The average molecular weight is 239 g/mol. The highest BCUT2D eigenvalue weighted by molar-refractivity contribution is 7.80. The molecule has 0 unspecified atom stereocenters. The molecule has 0 aliphatic rings. The Hall–Kier alpha value is -1.14. The number of thiazole rings is 1. The number of aromatic nitrogens is 3. The number of hydrogen-bond donors (Lipinski definition) is 1. The minimum atomic E-state index is -0.109. The van der Waals surface area contributed by atoms with Crippen LogP contribution in [0.4, 0.5) is 0 Å². The molecular weight excluding hydrogens is 230 g/mol. The molecule has 0 radical (unpaired) electrons. The third-order valence-electron chi connectivity index (χ3n) is 2.14.